The van der Waals surface area contributed by atoms with Crippen LogP contribution >= 0.6 is 7.82 Å². The Morgan fingerprint density at radius 1 is 0.419 bits per heavy atom. The lowest BCUT2D eigenvalue weighted by Gasteiger charge is -2.22. The van der Waals surface area contributed by atoms with Crippen molar-refractivity contribution in [1.82, 2.24) is 0 Å². The highest BCUT2D eigenvalue weighted by Crippen LogP contribution is 2.51. The third-order valence-corrected chi connectivity index (χ3v) is 12.9. The van der Waals surface area contributed by atoms with E-state index in [1.807, 2.05) is 60.7 Å². The first kappa shape index (κ1) is 55.6. The number of unbranched alkanes of at least 4 members (excludes halogenated alkanes) is 28. The zero-order valence-electron chi connectivity index (χ0n) is 39.5. The van der Waals surface area contributed by atoms with Crippen LogP contribution in [0.2, 0.25) is 0 Å². The minimum atomic E-state index is -4.13. The van der Waals surface area contributed by atoms with Crippen LogP contribution in [0.3, 0.4) is 0 Å². The predicted molar refractivity (Wildman–Crippen MR) is 256 cm³/mol. The maximum Gasteiger partial charge on any atom is 0.475 e. The minimum absolute atomic E-state index is 0.00476. The predicted octanol–water partition coefficient (Wildman–Crippen LogP) is 16.5. The van der Waals surface area contributed by atoms with E-state index < -0.39 is 19.9 Å². The van der Waals surface area contributed by atoms with E-state index in [0.29, 0.717) is 6.42 Å². The molecule has 0 amide bonds. The zero-order chi connectivity index (χ0) is 44.4. The number of carbonyl (C=O) groups excluding carboxylic acids is 2. The summed E-state index contributed by atoms with van der Waals surface area (Å²) < 4.78 is 42.8. The van der Waals surface area contributed by atoms with Gasteiger partial charge in [0, 0.05) is 12.8 Å². The summed E-state index contributed by atoms with van der Waals surface area (Å²) in [5.41, 5.74) is 1.61. The molecule has 0 aliphatic heterocycles. The van der Waals surface area contributed by atoms with Crippen molar-refractivity contribution >= 4 is 19.8 Å². The molecule has 0 aromatic heterocycles. The number of rotatable bonds is 44. The van der Waals surface area contributed by atoms with Crippen LogP contribution in [0.25, 0.3) is 0 Å². The summed E-state index contributed by atoms with van der Waals surface area (Å²) in [5.74, 6) is -0.732. The molecule has 0 radical (unpaired) electrons. The number of phosphoric acid groups is 1. The monoisotopic (exact) mass is 885 g/mol. The lowest BCUT2D eigenvalue weighted by atomic mass is 10.0. The van der Waals surface area contributed by atoms with Gasteiger partial charge in [0.2, 0.25) is 0 Å². The van der Waals surface area contributed by atoms with Gasteiger partial charge in [0.25, 0.3) is 0 Å². The molecule has 9 heteroatoms. The summed E-state index contributed by atoms with van der Waals surface area (Å²) in [5, 5.41) is 0. The van der Waals surface area contributed by atoms with Crippen molar-refractivity contribution in [1.29, 1.82) is 0 Å². The second-order valence-corrected chi connectivity index (χ2v) is 19.1. The second-order valence-electron chi connectivity index (χ2n) is 17.5. The molecule has 2 aromatic carbocycles. The first-order valence-corrected chi connectivity index (χ1v) is 26.9. The van der Waals surface area contributed by atoms with Gasteiger partial charge in [0.15, 0.2) is 6.10 Å². The SMILES string of the molecule is CCCCCCCCCCCCCCCCCC(=O)OCC(COP(=O)(OCc1ccccc1)OCc1ccccc1)OC(=O)CCCCCCCCCCCCCCCCC. The molecule has 0 spiro atoms. The molecule has 8 nitrogen and oxygen atoms in total. The van der Waals surface area contributed by atoms with Gasteiger partial charge in [-0.1, -0.05) is 254 Å². The highest BCUT2D eigenvalue weighted by molar-refractivity contribution is 7.48. The van der Waals surface area contributed by atoms with Crippen LogP contribution in [0.4, 0.5) is 0 Å². The Hall–Kier alpha value is -2.51. The molecule has 0 aliphatic carbocycles. The molecule has 0 saturated heterocycles. The van der Waals surface area contributed by atoms with Crippen LogP contribution in [0.5, 0.6) is 0 Å². The molecule has 2 rings (SSSR count). The van der Waals surface area contributed by atoms with Gasteiger partial charge in [-0.3, -0.25) is 23.2 Å². The van der Waals surface area contributed by atoms with Crippen LogP contribution in [0.1, 0.15) is 230 Å². The van der Waals surface area contributed by atoms with Crippen molar-refractivity contribution in [2.75, 3.05) is 13.2 Å². The smallest absolute Gasteiger partial charge is 0.462 e. The number of phosphoric ester groups is 1. The average molecular weight is 885 g/mol. The molecule has 0 N–H and O–H groups in total. The lowest BCUT2D eigenvalue weighted by molar-refractivity contribution is -0.161. The fourth-order valence-electron chi connectivity index (χ4n) is 7.64. The molecular weight excluding hydrogens is 796 g/mol. The van der Waals surface area contributed by atoms with Crippen LogP contribution in [0.15, 0.2) is 60.7 Å². The van der Waals surface area contributed by atoms with Crippen molar-refractivity contribution < 1.29 is 37.2 Å². The molecule has 0 aliphatic rings. The third kappa shape index (κ3) is 33.1. The highest BCUT2D eigenvalue weighted by atomic mass is 31.2. The third-order valence-electron chi connectivity index (χ3n) is 11.6. The molecule has 1 atom stereocenters. The van der Waals surface area contributed by atoms with Crippen LogP contribution in [-0.4, -0.2) is 31.3 Å². The number of benzene rings is 2. The zero-order valence-corrected chi connectivity index (χ0v) is 40.4. The maximum atomic E-state index is 14.0. The van der Waals surface area contributed by atoms with E-state index in [1.165, 1.54) is 154 Å². The molecule has 2 aromatic rings. The minimum Gasteiger partial charge on any atom is -0.462 e. The topological polar surface area (TPSA) is 97.4 Å². The number of carbonyl (C=O) groups is 2. The highest BCUT2D eigenvalue weighted by Gasteiger charge is 2.30. The molecular formula is C53H89O8P. The molecule has 0 saturated carbocycles. The van der Waals surface area contributed by atoms with Gasteiger partial charge in [0.05, 0.1) is 19.8 Å². The van der Waals surface area contributed by atoms with Gasteiger partial charge in [-0.25, -0.2) is 4.57 Å². The normalized spacial score (nSPS) is 12.1. The van der Waals surface area contributed by atoms with Crippen molar-refractivity contribution in [3.63, 3.8) is 0 Å². The van der Waals surface area contributed by atoms with Gasteiger partial charge in [-0.2, -0.15) is 0 Å². The van der Waals surface area contributed by atoms with E-state index in [1.54, 1.807) is 0 Å². The molecule has 0 bridgehead atoms. The van der Waals surface area contributed by atoms with E-state index >= 15 is 0 Å². The number of ether oxygens (including phenoxy) is 2. The second kappa shape index (κ2) is 40.0. The summed E-state index contributed by atoms with van der Waals surface area (Å²) in [4.78, 5) is 25.9. The summed E-state index contributed by atoms with van der Waals surface area (Å²) >= 11 is 0. The standard InChI is InChI=1S/C53H89O8P/c1-3-5-7-9-11-13-15-17-19-21-23-25-27-29-37-43-52(54)57-47-51(61-53(55)44-38-30-28-26-24-22-20-18-16-14-12-10-8-6-4-2)48-60-62(56,58-45-49-39-33-31-34-40-49)59-46-50-41-35-32-36-42-50/h31-36,39-42,51H,3-30,37-38,43-48H2,1-2H3. The van der Waals surface area contributed by atoms with E-state index in [-0.39, 0.29) is 38.8 Å². The van der Waals surface area contributed by atoms with Gasteiger partial charge >= 0.3 is 19.8 Å². The first-order chi connectivity index (χ1) is 30.4. The number of hydrogen-bond donors (Lipinski definition) is 0. The fourth-order valence-corrected chi connectivity index (χ4v) is 8.83. The first-order valence-electron chi connectivity index (χ1n) is 25.4. The summed E-state index contributed by atoms with van der Waals surface area (Å²) in [6, 6.07) is 18.7. The Bertz CT molecular complexity index is 1310. The number of hydrogen-bond acceptors (Lipinski definition) is 8. The molecule has 0 heterocycles. The average Bonchev–Trinajstić information content (AvgIpc) is 3.29. The van der Waals surface area contributed by atoms with E-state index in [0.717, 1.165) is 49.7 Å². The van der Waals surface area contributed by atoms with Crippen LogP contribution in [0, 0.1) is 0 Å². The maximum absolute atomic E-state index is 14.0. The van der Waals surface area contributed by atoms with Crippen molar-refractivity contribution in [3.05, 3.63) is 71.8 Å². The lowest BCUT2D eigenvalue weighted by Crippen LogP contribution is -2.29. The Morgan fingerprint density at radius 2 is 0.742 bits per heavy atom. The van der Waals surface area contributed by atoms with E-state index in [2.05, 4.69) is 13.8 Å². The van der Waals surface area contributed by atoms with Crippen molar-refractivity contribution in [2.45, 2.75) is 239 Å². The van der Waals surface area contributed by atoms with Crippen LogP contribution in [-0.2, 0) is 50.4 Å². The summed E-state index contributed by atoms with van der Waals surface area (Å²) in [7, 11) is -4.13. The quantitative estimate of drug-likeness (QED) is 0.0369. The van der Waals surface area contributed by atoms with Crippen LogP contribution < -0.4 is 0 Å². The van der Waals surface area contributed by atoms with Gasteiger partial charge < -0.3 is 9.47 Å². The van der Waals surface area contributed by atoms with Gasteiger partial charge in [-0.15, -0.1) is 0 Å². The Kier molecular flexibility index (Phi) is 35.9. The molecule has 0 fully saturated rings. The van der Waals surface area contributed by atoms with E-state index in [4.69, 9.17) is 23.0 Å². The number of esters is 2. The molecule has 354 valence electrons. The summed E-state index contributed by atoms with van der Waals surface area (Å²) in [6.07, 6.45) is 37.1. The molecule has 62 heavy (non-hydrogen) atoms. The van der Waals surface area contributed by atoms with E-state index in [9.17, 15) is 14.2 Å². The largest absolute Gasteiger partial charge is 0.475 e. The van der Waals surface area contributed by atoms with Crippen molar-refractivity contribution in [2.24, 2.45) is 0 Å². The van der Waals surface area contributed by atoms with Crippen molar-refractivity contribution in [3.8, 4) is 0 Å². The Labute approximate surface area is 379 Å². The Balaban J connectivity index is 1.77. The summed E-state index contributed by atoms with van der Waals surface area (Å²) in [6.45, 7) is 4.04. The van der Waals surface area contributed by atoms with Gasteiger partial charge in [-0.05, 0) is 24.0 Å². The van der Waals surface area contributed by atoms with Gasteiger partial charge in [0.1, 0.15) is 6.61 Å². The Morgan fingerprint density at radius 3 is 1.10 bits per heavy atom. The molecule has 1 unspecified atom stereocenters. The fraction of sp³-hybridized carbons (Fsp3) is 0.736.